The van der Waals surface area contributed by atoms with Crippen LogP contribution in [-0.2, 0) is 14.3 Å². The molecule has 1 rings (SSSR count). The van der Waals surface area contributed by atoms with Crippen molar-refractivity contribution in [2.75, 3.05) is 13.1 Å². The van der Waals surface area contributed by atoms with Gasteiger partial charge in [0, 0.05) is 13.1 Å². The Hall–Kier alpha value is -1.79. The molecule has 0 aromatic heterocycles. The van der Waals surface area contributed by atoms with E-state index in [1.165, 1.54) is 0 Å². The number of carboxylic acids is 2. The summed E-state index contributed by atoms with van der Waals surface area (Å²) in [5, 5.41) is 17.8. The number of ether oxygens (including phenoxy) is 1. The van der Waals surface area contributed by atoms with Crippen molar-refractivity contribution in [2.24, 2.45) is 11.8 Å². The van der Waals surface area contributed by atoms with E-state index in [2.05, 4.69) is 0 Å². The van der Waals surface area contributed by atoms with E-state index in [1.807, 2.05) is 0 Å². The molecule has 2 unspecified atom stereocenters. The van der Waals surface area contributed by atoms with Crippen LogP contribution >= 0.6 is 0 Å². The number of hydrogen-bond donors (Lipinski definition) is 2. The number of carbonyl (C=O) groups is 3. The second kappa shape index (κ2) is 4.83. The fraction of sp³-hybridized carbons (Fsp3) is 0.727. The number of rotatable bonds is 2. The first-order chi connectivity index (χ1) is 8.11. The third-order valence-corrected chi connectivity index (χ3v) is 2.61. The van der Waals surface area contributed by atoms with Gasteiger partial charge in [0.15, 0.2) is 0 Å². The van der Waals surface area contributed by atoms with Gasteiger partial charge in [0.25, 0.3) is 0 Å². The summed E-state index contributed by atoms with van der Waals surface area (Å²) in [6.07, 6.45) is -0.683. The SMILES string of the molecule is CC(C)(C)OC(=O)N1CC(C(=O)O)C(C(=O)O)C1. The van der Waals surface area contributed by atoms with Crippen LogP contribution in [0.25, 0.3) is 0 Å². The first-order valence-corrected chi connectivity index (χ1v) is 5.55. The van der Waals surface area contributed by atoms with E-state index in [9.17, 15) is 14.4 Å². The molecule has 18 heavy (non-hydrogen) atoms. The minimum Gasteiger partial charge on any atom is -0.481 e. The maximum Gasteiger partial charge on any atom is 0.410 e. The van der Waals surface area contributed by atoms with Gasteiger partial charge in [-0.1, -0.05) is 0 Å². The van der Waals surface area contributed by atoms with Crippen LogP contribution in [0.3, 0.4) is 0 Å². The number of carboxylic acid groups (broad SMARTS) is 2. The van der Waals surface area contributed by atoms with E-state index < -0.39 is 35.5 Å². The molecular formula is C11H17NO6. The Morgan fingerprint density at radius 3 is 1.72 bits per heavy atom. The fourth-order valence-electron chi connectivity index (χ4n) is 1.78. The van der Waals surface area contributed by atoms with Crippen LogP contribution in [0.4, 0.5) is 4.79 Å². The van der Waals surface area contributed by atoms with Gasteiger partial charge in [-0.25, -0.2) is 4.79 Å². The Labute approximate surface area is 104 Å². The standard InChI is InChI=1S/C11H17NO6/c1-11(2,3)18-10(17)12-4-6(8(13)14)7(5-12)9(15)16/h6-7H,4-5H2,1-3H3,(H,13,14)(H,15,16). The zero-order valence-electron chi connectivity index (χ0n) is 10.5. The average Bonchev–Trinajstić information content (AvgIpc) is 2.58. The van der Waals surface area contributed by atoms with Gasteiger partial charge in [-0.15, -0.1) is 0 Å². The van der Waals surface area contributed by atoms with Crippen LogP contribution in [0.2, 0.25) is 0 Å². The van der Waals surface area contributed by atoms with Crippen molar-refractivity contribution in [2.45, 2.75) is 26.4 Å². The molecule has 7 heteroatoms. The largest absolute Gasteiger partial charge is 0.481 e. The summed E-state index contributed by atoms with van der Waals surface area (Å²) in [5.41, 5.74) is -0.697. The smallest absolute Gasteiger partial charge is 0.410 e. The van der Waals surface area contributed by atoms with Crippen LogP contribution in [0, 0.1) is 11.8 Å². The maximum atomic E-state index is 11.7. The van der Waals surface area contributed by atoms with Gasteiger partial charge in [0.2, 0.25) is 0 Å². The third-order valence-electron chi connectivity index (χ3n) is 2.61. The second-order valence-electron chi connectivity index (χ2n) is 5.27. The van der Waals surface area contributed by atoms with Crippen molar-refractivity contribution in [3.8, 4) is 0 Å². The van der Waals surface area contributed by atoms with Crippen molar-refractivity contribution in [3.05, 3.63) is 0 Å². The van der Waals surface area contributed by atoms with Crippen LogP contribution in [0.15, 0.2) is 0 Å². The molecule has 2 N–H and O–H groups in total. The van der Waals surface area contributed by atoms with E-state index in [0.717, 1.165) is 4.90 Å². The summed E-state index contributed by atoms with van der Waals surface area (Å²) in [7, 11) is 0. The van der Waals surface area contributed by atoms with Gasteiger partial charge in [-0.3, -0.25) is 9.59 Å². The topological polar surface area (TPSA) is 104 Å². The number of carbonyl (C=O) groups excluding carboxylic acids is 1. The van der Waals surface area contributed by atoms with Crippen molar-refractivity contribution in [1.29, 1.82) is 0 Å². The molecule has 0 radical (unpaired) electrons. The molecule has 0 aromatic carbocycles. The normalized spacial score (nSPS) is 23.8. The summed E-state index contributed by atoms with van der Waals surface area (Å²) in [6, 6.07) is 0. The molecule has 1 aliphatic heterocycles. The third kappa shape index (κ3) is 3.35. The van der Waals surface area contributed by atoms with Gasteiger partial charge in [0.05, 0.1) is 11.8 Å². The summed E-state index contributed by atoms with van der Waals surface area (Å²) in [5.74, 6) is -4.60. The van der Waals surface area contributed by atoms with Crippen LogP contribution in [0.5, 0.6) is 0 Å². The number of hydrogen-bond acceptors (Lipinski definition) is 4. The number of aliphatic carboxylic acids is 2. The predicted octanol–water partition coefficient (Wildman–Crippen LogP) is 0.639. The van der Waals surface area contributed by atoms with E-state index in [4.69, 9.17) is 14.9 Å². The summed E-state index contributed by atoms with van der Waals surface area (Å²) in [6.45, 7) is 4.78. The lowest BCUT2D eigenvalue weighted by Crippen LogP contribution is -2.36. The van der Waals surface area contributed by atoms with Crippen molar-refractivity contribution in [3.63, 3.8) is 0 Å². The van der Waals surface area contributed by atoms with Crippen molar-refractivity contribution >= 4 is 18.0 Å². The van der Waals surface area contributed by atoms with E-state index in [1.54, 1.807) is 20.8 Å². The molecule has 1 amide bonds. The van der Waals surface area contributed by atoms with E-state index in [-0.39, 0.29) is 13.1 Å². The quantitative estimate of drug-likeness (QED) is 0.754. The highest BCUT2D eigenvalue weighted by molar-refractivity contribution is 5.83. The Morgan fingerprint density at radius 2 is 1.44 bits per heavy atom. The van der Waals surface area contributed by atoms with Gasteiger partial charge in [-0.05, 0) is 20.8 Å². The lowest BCUT2D eigenvalue weighted by Gasteiger charge is -2.24. The number of nitrogens with zero attached hydrogens (tertiary/aromatic N) is 1. The second-order valence-corrected chi connectivity index (χ2v) is 5.27. The highest BCUT2D eigenvalue weighted by atomic mass is 16.6. The molecule has 1 heterocycles. The summed E-state index contributed by atoms with van der Waals surface area (Å²) < 4.78 is 5.08. The fourth-order valence-corrected chi connectivity index (χ4v) is 1.78. The summed E-state index contributed by atoms with van der Waals surface area (Å²) in [4.78, 5) is 34.7. The molecule has 102 valence electrons. The number of amides is 1. The van der Waals surface area contributed by atoms with Gasteiger partial charge < -0.3 is 19.8 Å². The lowest BCUT2D eigenvalue weighted by molar-refractivity contribution is -0.151. The molecule has 1 saturated heterocycles. The highest BCUT2D eigenvalue weighted by Crippen LogP contribution is 2.25. The summed E-state index contributed by atoms with van der Waals surface area (Å²) >= 11 is 0. The minimum atomic E-state index is -1.21. The van der Waals surface area contributed by atoms with Crippen molar-refractivity contribution < 1.29 is 29.3 Å². The average molecular weight is 259 g/mol. The van der Waals surface area contributed by atoms with E-state index >= 15 is 0 Å². The molecule has 1 aliphatic rings. The molecule has 7 nitrogen and oxygen atoms in total. The zero-order chi connectivity index (χ0) is 14.1. The predicted molar refractivity (Wildman–Crippen MR) is 60.1 cm³/mol. The van der Waals surface area contributed by atoms with Crippen LogP contribution < -0.4 is 0 Å². The molecule has 0 bridgehead atoms. The molecule has 0 aliphatic carbocycles. The van der Waals surface area contributed by atoms with Crippen molar-refractivity contribution in [1.82, 2.24) is 4.90 Å². The zero-order valence-corrected chi connectivity index (χ0v) is 10.5. The first kappa shape index (κ1) is 14.3. The maximum absolute atomic E-state index is 11.7. The van der Waals surface area contributed by atoms with Gasteiger partial charge >= 0.3 is 18.0 Å². The molecule has 0 spiro atoms. The molecular weight excluding hydrogens is 242 g/mol. The van der Waals surface area contributed by atoms with Gasteiger partial charge in [0.1, 0.15) is 5.60 Å². The van der Waals surface area contributed by atoms with Gasteiger partial charge in [-0.2, -0.15) is 0 Å². The first-order valence-electron chi connectivity index (χ1n) is 5.55. The number of likely N-dealkylation sites (tertiary alicyclic amines) is 1. The monoisotopic (exact) mass is 259 g/mol. The van der Waals surface area contributed by atoms with Crippen LogP contribution in [-0.4, -0.2) is 51.8 Å². The molecule has 1 fully saturated rings. The highest BCUT2D eigenvalue weighted by Gasteiger charge is 2.44. The van der Waals surface area contributed by atoms with Crippen LogP contribution in [0.1, 0.15) is 20.8 Å². The Bertz CT molecular complexity index is 350. The molecule has 2 atom stereocenters. The van der Waals surface area contributed by atoms with E-state index in [0.29, 0.717) is 0 Å². The lowest BCUT2D eigenvalue weighted by atomic mass is 9.97. The Kier molecular flexibility index (Phi) is 3.83. The Morgan fingerprint density at radius 1 is 1.06 bits per heavy atom. The molecule has 0 aromatic rings. The minimum absolute atomic E-state index is 0.138. The molecule has 0 saturated carbocycles. The Balaban J connectivity index is 2.75.